The van der Waals surface area contributed by atoms with Crippen molar-refractivity contribution in [2.45, 2.75) is 19.1 Å². The predicted molar refractivity (Wildman–Crippen MR) is 51.2 cm³/mol. The molecule has 3 N–H and O–H groups in total. The van der Waals surface area contributed by atoms with E-state index in [9.17, 15) is 5.11 Å². The van der Waals surface area contributed by atoms with Crippen LogP contribution in [-0.4, -0.2) is 18.0 Å². The van der Waals surface area contributed by atoms with Gasteiger partial charge in [-0.15, -0.1) is 0 Å². The molecule has 0 saturated carbocycles. The molecule has 14 heavy (non-hydrogen) atoms. The Morgan fingerprint density at radius 2 is 2.21 bits per heavy atom. The van der Waals surface area contributed by atoms with Gasteiger partial charge in [-0.3, -0.25) is 0 Å². The molecule has 0 fully saturated rings. The highest BCUT2D eigenvalue weighted by atomic mass is 16.7. The Morgan fingerprint density at radius 1 is 1.43 bits per heavy atom. The summed E-state index contributed by atoms with van der Waals surface area (Å²) in [5.41, 5.74) is 6.61. The molecule has 1 aromatic carbocycles. The quantitative estimate of drug-likeness (QED) is 0.732. The molecule has 4 nitrogen and oxygen atoms in total. The van der Waals surface area contributed by atoms with Crippen LogP contribution in [0.15, 0.2) is 18.2 Å². The van der Waals surface area contributed by atoms with Crippen LogP contribution in [0.4, 0.5) is 0 Å². The van der Waals surface area contributed by atoms with Gasteiger partial charge in [0.1, 0.15) is 0 Å². The molecule has 1 heterocycles. The Bertz CT molecular complexity index is 338. The maximum Gasteiger partial charge on any atom is 0.231 e. The zero-order valence-electron chi connectivity index (χ0n) is 7.93. The number of rotatable bonds is 2. The largest absolute Gasteiger partial charge is 0.454 e. The number of ether oxygens (including phenoxy) is 2. The number of aliphatic hydroxyl groups is 1. The highest BCUT2D eigenvalue weighted by Gasteiger charge is 2.23. The van der Waals surface area contributed by atoms with Crippen LogP contribution < -0.4 is 15.2 Å². The van der Waals surface area contributed by atoms with Gasteiger partial charge >= 0.3 is 0 Å². The lowest BCUT2D eigenvalue weighted by atomic mass is 10.0. The van der Waals surface area contributed by atoms with Crippen molar-refractivity contribution in [3.05, 3.63) is 23.8 Å². The maximum atomic E-state index is 9.38. The first-order chi connectivity index (χ1) is 6.70. The molecule has 0 radical (unpaired) electrons. The lowest BCUT2D eigenvalue weighted by Crippen LogP contribution is -2.23. The second kappa shape index (κ2) is 3.48. The third-order valence-corrected chi connectivity index (χ3v) is 2.31. The molecule has 76 valence electrons. The van der Waals surface area contributed by atoms with Crippen LogP contribution >= 0.6 is 0 Å². The monoisotopic (exact) mass is 195 g/mol. The lowest BCUT2D eigenvalue weighted by molar-refractivity contribution is 0.156. The van der Waals surface area contributed by atoms with Crippen LogP contribution in [0, 0.1) is 0 Å². The van der Waals surface area contributed by atoms with E-state index in [0.29, 0.717) is 11.5 Å². The highest BCUT2D eigenvalue weighted by Crippen LogP contribution is 2.38. The predicted octanol–water partition coefficient (Wildman–Crippen LogP) is 0.796. The fourth-order valence-electron chi connectivity index (χ4n) is 1.48. The van der Waals surface area contributed by atoms with E-state index in [0.717, 1.165) is 5.56 Å². The highest BCUT2D eigenvalue weighted by molar-refractivity contribution is 5.49. The molecule has 1 aliphatic heterocycles. The van der Waals surface area contributed by atoms with Gasteiger partial charge in [0.2, 0.25) is 6.79 Å². The Hall–Kier alpha value is -1.26. The van der Waals surface area contributed by atoms with Crippen molar-refractivity contribution in [3.63, 3.8) is 0 Å². The number of aliphatic hydroxyl groups excluding tert-OH is 1. The van der Waals surface area contributed by atoms with E-state index in [1.807, 2.05) is 18.2 Å². The number of para-hydroxylation sites is 1. The van der Waals surface area contributed by atoms with Gasteiger partial charge in [-0.05, 0) is 13.0 Å². The summed E-state index contributed by atoms with van der Waals surface area (Å²) in [5.74, 6) is 1.35. The van der Waals surface area contributed by atoms with Gasteiger partial charge in [-0.2, -0.15) is 0 Å². The van der Waals surface area contributed by atoms with Crippen molar-refractivity contribution in [1.82, 2.24) is 0 Å². The van der Waals surface area contributed by atoms with E-state index in [4.69, 9.17) is 15.2 Å². The zero-order chi connectivity index (χ0) is 10.1. The van der Waals surface area contributed by atoms with Crippen LogP contribution in [0.3, 0.4) is 0 Å². The van der Waals surface area contributed by atoms with E-state index in [-0.39, 0.29) is 6.79 Å². The van der Waals surface area contributed by atoms with Gasteiger partial charge < -0.3 is 20.3 Å². The van der Waals surface area contributed by atoms with Crippen molar-refractivity contribution in [2.24, 2.45) is 5.73 Å². The van der Waals surface area contributed by atoms with E-state index < -0.39 is 12.1 Å². The smallest absolute Gasteiger partial charge is 0.231 e. The minimum atomic E-state index is -0.606. The summed E-state index contributed by atoms with van der Waals surface area (Å²) in [6.45, 7) is 1.87. The number of fused-ring (bicyclic) bond motifs is 1. The molecule has 2 atom stereocenters. The summed E-state index contributed by atoms with van der Waals surface area (Å²) >= 11 is 0. The van der Waals surface area contributed by atoms with Crippen LogP contribution in [0.1, 0.15) is 18.5 Å². The summed E-state index contributed by atoms with van der Waals surface area (Å²) in [6, 6.07) is 5.06. The molecule has 2 rings (SSSR count). The number of hydrogen-bond donors (Lipinski definition) is 2. The summed E-state index contributed by atoms with van der Waals surface area (Å²) in [6.07, 6.45) is -0.606. The summed E-state index contributed by atoms with van der Waals surface area (Å²) in [5, 5.41) is 9.38. The van der Waals surface area contributed by atoms with Crippen molar-refractivity contribution < 1.29 is 14.6 Å². The lowest BCUT2D eigenvalue weighted by Gasteiger charge is -2.16. The first-order valence-corrected chi connectivity index (χ1v) is 4.52. The summed E-state index contributed by atoms with van der Waals surface area (Å²) in [4.78, 5) is 0. The van der Waals surface area contributed by atoms with Crippen LogP contribution in [0.2, 0.25) is 0 Å². The first kappa shape index (κ1) is 9.30. The molecule has 0 aliphatic carbocycles. The topological polar surface area (TPSA) is 64.7 Å². The van der Waals surface area contributed by atoms with Gasteiger partial charge in [0.05, 0.1) is 12.1 Å². The minimum absolute atomic E-state index is 0.221. The molecule has 1 aliphatic rings. The molecule has 0 amide bonds. The maximum absolute atomic E-state index is 9.38. The Morgan fingerprint density at radius 3 is 2.93 bits per heavy atom. The normalized spacial score (nSPS) is 17.9. The zero-order valence-corrected chi connectivity index (χ0v) is 7.93. The summed E-state index contributed by atoms with van der Waals surface area (Å²) in [7, 11) is 0. The molecule has 0 unspecified atom stereocenters. The fourth-order valence-corrected chi connectivity index (χ4v) is 1.48. The standard InChI is InChI=1S/C10H13NO3/c1-6(12)9(11)7-3-2-4-8-10(7)14-5-13-8/h2-4,6,9,12H,5,11H2,1H3/t6-,9-/m1/s1. The van der Waals surface area contributed by atoms with Gasteiger partial charge in [0, 0.05) is 5.56 Å². The van der Waals surface area contributed by atoms with Crippen molar-refractivity contribution >= 4 is 0 Å². The molecule has 4 heteroatoms. The SMILES string of the molecule is C[C@@H](O)[C@@H](N)c1cccc2c1OCO2. The Kier molecular flexibility index (Phi) is 2.31. The average molecular weight is 195 g/mol. The van der Waals surface area contributed by atoms with Gasteiger partial charge in [0.25, 0.3) is 0 Å². The van der Waals surface area contributed by atoms with Gasteiger partial charge in [-0.25, -0.2) is 0 Å². The molecular weight excluding hydrogens is 182 g/mol. The van der Waals surface area contributed by atoms with Crippen molar-refractivity contribution in [2.75, 3.05) is 6.79 Å². The first-order valence-electron chi connectivity index (χ1n) is 4.52. The van der Waals surface area contributed by atoms with Crippen LogP contribution in [0.5, 0.6) is 11.5 Å². The third kappa shape index (κ3) is 1.42. The van der Waals surface area contributed by atoms with Gasteiger partial charge in [0.15, 0.2) is 11.5 Å². The van der Waals surface area contributed by atoms with Crippen LogP contribution in [-0.2, 0) is 0 Å². The second-order valence-electron chi connectivity index (χ2n) is 3.35. The van der Waals surface area contributed by atoms with E-state index in [1.165, 1.54) is 0 Å². The number of hydrogen-bond acceptors (Lipinski definition) is 4. The molecular formula is C10H13NO3. The third-order valence-electron chi connectivity index (χ3n) is 2.31. The molecule has 0 spiro atoms. The second-order valence-corrected chi connectivity index (χ2v) is 3.35. The average Bonchev–Trinajstić information content (AvgIpc) is 2.63. The van der Waals surface area contributed by atoms with E-state index >= 15 is 0 Å². The van der Waals surface area contributed by atoms with Gasteiger partial charge in [-0.1, -0.05) is 12.1 Å². The van der Waals surface area contributed by atoms with E-state index in [2.05, 4.69) is 0 Å². The number of nitrogens with two attached hydrogens (primary N) is 1. The minimum Gasteiger partial charge on any atom is -0.454 e. The van der Waals surface area contributed by atoms with Crippen molar-refractivity contribution in [3.8, 4) is 11.5 Å². The molecule has 0 bridgehead atoms. The Balaban J connectivity index is 2.39. The van der Waals surface area contributed by atoms with E-state index in [1.54, 1.807) is 6.92 Å². The summed E-state index contributed by atoms with van der Waals surface area (Å²) < 4.78 is 10.5. The molecule has 0 aromatic heterocycles. The number of benzene rings is 1. The fraction of sp³-hybridized carbons (Fsp3) is 0.400. The van der Waals surface area contributed by atoms with Crippen molar-refractivity contribution in [1.29, 1.82) is 0 Å². The Labute approximate surface area is 82.2 Å². The molecule has 0 saturated heterocycles. The molecule has 1 aromatic rings. The van der Waals surface area contributed by atoms with Crippen LogP contribution in [0.25, 0.3) is 0 Å².